The highest BCUT2D eigenvalue weighted by molar-refractivity contribution is 7.15. The van der Waals surface area contributed by atoms with E-state index in [2.05, 4.69) is 24.8 Å². The standard InChI is InChI=1S/C15H20N6S/c16-14-19-12-3-2-11(10-13(12)22-14)20-6-8-21(9-7-20)15-17-4-1-5-18-15/h1,4-5,11H,2-3,6-10H2,(H2,16,19)/t11-/m0/s1. The van der Waals surface area contributed by atoms with Gasteiger partial charge in [-0.2, -0.15) is 0 Å². The molecule has 1 aliphatic carbocycles. The molecule has 0 radical (unpaired) electrons. The van der Waals surface area contributed by atoms with E-state index in [0.717, 1.165) is 50.1 Å². The highest BCUT2D eigenvalue weighted by Gasteiger charge is 2.29. The Morgan fingerprint density at radius 1 is 1.14 bits per heavy atom. The molecule has 0 bridgehead atoms. The molecule has 1 fully saturated rings. The van der Waals surface area contributed by atoms with E-state index in [9.17, 15) is 0 Å². The molecule has 116 valence electrons. The fourth-order valence-corrected chi connectivity index (χ4v) is 4.38. The lowest BCUT2D eigenvalue weighted by Gasteiger charge is -2.40. The van der Waals surface area contributed by atoms with E-state index in [1.165, 1.54) is 17.0 Å². The lowest BCUT2D eigenvalue weighted by molar-refractivity contribution is 0.170. The van der Waals surface area contributed by atoms with E-state index >= 15 is 0 Å². The second kappa shape index (κ2) is 5.81. The molecular formula is C15H20N6S. The monoisotopic (exact) mass is 316 g/mol. The zero-order valence-electron chi connectivity index (χ0n) is 12.5. The Morgan fingerprint density at radius 3 is 2.68 bits per heavy atom. The summed E-state index contributed by atoms with van der Waals surface area (Å²) < 4.78 is 0. The van der Waals surface area contributed by atoms with Gasteiger partial charge in [0.15, 0.2) is 5.13 Å². The van der Waals surface area contributed by atoms with Crippen LogP contribution in [0.25, 0.3) is 0 Å². The van der Waals surface area contributed by atoms with E-state index in [1.807, 2.05) is 18.5 Å². The number of anilines is 2. The summed E-state index contributed by atoms with van der Waals surface area (Å²) in [4.78, 5) is 19.4. The number of hydrogen-bond acceptors (Lipinski definition) is 7. The summed E-state index contributed by atoms with van der Waals surface area (Å²) in [5, 5.41) is 0.719. The van der Waals surface area contributed by atoms with Crippen LogP contribution in [0.4, 0.5) is 11.1 Å². The van der Waals surface area contributed by atoms with Crippen LogP contribution in [0, 0.1) is 0 Å². The molecular weight excluding hydrogens is 296 g/mol. The van der Waals surface area contributed by atoms with Crippen LogP contribution in [-0.2, 0) is 12.8 Å². The molecule has 3 heterocycles. The molecule has 1 aliphatic heterocycles. The van der Waals surface area contributed by atoms with Gasteiger partial charge in [-0.05, 0) is 25.3 Å². The highest BCUT2D eigenvalue weighted by Crippen LogP contribution is 2.30. The second-order valence-electron chi connectivity index (χ2n) is 5.89. The third-order valence-electron chi connectivity index (χ3n) is 4.60. The van der Waals surface area contributed by atoms with Crippen LogP contribution in [-0.4, -0.2) is 52.1 Å². The number of rotatable bonds is 2. The van der Waals surface area contributed by atoms with Gasteiger partial charge >= 0.3 is 0 Å². The van der Waals surface area contributed by atoms with E-state index in [0.29, 0.717) is 6.04 Å². The first-order valence-corrected chi connectivity index (χ1v) is 8.61. The molecule has 2 N–H and O–H groups in total. The highest BCUT2D eigenvalue weighted by atomic mass is 32.1. The predicted octanol–water partition coefficient (Wildman–Crippen LogP) is 1.19. The number of thiazole rings is 1. The second-order valence-corrected chi connectivity index (χ2v) is 7.01. The molecule has 7 heteroatoms. The van der Waals surface area contributed by atoms with Crippen LogP contribution in [0.15, 0.2) is 18.5 Å². The zero-order valence-corrected chi connectivity index (χ0v) is 13.3. The van der Waals surface area contributed by atoms with Crippen molar-refractivity contribution in [2.24, 2.45) is 0 Å². The first-order chi connectivity index (χ1) is 10.8. The average molecular weight is 316 g/mol. The molecule has 0 aromatic carbocycles. The summed E-state index contributed by atoms with van der Waals surface area (Å²) in [7, 11) is 0. The Labute approximate surface area is 134 Å². The van der Waals surface area contributed by atoms with Crippen molar-refractivity contribution in [2.75, 3.05) is 36.8 Å². The van der Waals surface area contributed by atoms with Gasteiger partial charge < -0.3 is 10.6 Å². The maximum Gasteiger partial charge on any atom is 0.225 e. The SMILES string of the molecule is Nc1nc2c(s1)C[C@@H](N1CCN(c3ncccn3)CC1)CC2. The lowest BCUT2D eigenvalue weighted by atomic mass is 9.96. The third kappa shape index (κ3) is 2.66. The number of fused-ring (bicyclic) bond motifs is 1. The number of hydrogen-bond donors (Lipinski definition) is 1. The topological polar surface area (TPSA) is 71.2 Å². The zero-order chi connectivity index (χ0) is 14.9. The van der Waals surface area contributed by atoms with Crippen molar-refractivity contribution in [3.05, 3.63) is 29.0 Å². The summed E-state index contributed by atoms with van der Waals surface area (Å²) in [5.74, 6) is 0.850. The van der Waals surface area contributed by atoms with Gasteiger partial charge in [0, 0.05) is 49.5 Å². The minimum atomic E-state index is 0.631. The van der Waals surface area contributed by atoms with Crippen LogP contribution in [0.3, 0.4) is 0 Å². The first-order valence-electron chi connectivity index (χ1n) is 7.79. The molecule has 2 aliphatic rings. The molecule has 4 rings (SSSR count). The minimum absolute atomic E-state index is 0.631. The first kappa shape index (κ1) is 13.9. The number of nitrogens with zero attached hydrogens (tertiary/aromatic N) is 5. The normalized spacial score (nSPS) is 22.5. The molecule has 2 aromatic heterocycles. The van der Waals surface area contributed by atoms with Crippen molar-refractivity contribution in [3.8, 4) is 0 Å². The number of nitrogens with two attached hydrogens (primary N) is 1. The Hall–Kier alpha value is -1.73. The lowest BCUT2D eigenvalue weighted by Crippen LogP contribution is -2.52. The summed E-state index contributed by atoms with van der Waals surface area (Å²) >= 11 is 1.66. The smallest absolute Gasteiger partial charge is 0.225 e. The van der Waals surface area contributed by atoms with Gasteiger partial charge in [0.1, 0.15) is 0 Å². The number of nitrogen functional groups attached to an aromatic ring is 1. The molecule has 0 amide bonds. The molecule has 0 saturated carbocycles. The average Bonchev–Trinajstić information content (AvgIpc) is 2.95. The van der Waals surface area contributed by atoms with Gasteiger partial charge in [0.25, 0.3) is 0 Å². The van der Waals surface area contributed by atoms with Crippen LogP contribution < -0.4 is 10.6 Å². The van der Waals surface area contributed by atoms with Gasteiger partial charge in [-0.25, -0.2) is 15.0 Å². The Morgan fingerprint density at radius 2 is 1.91 bits per heavy atom. The fourth-order valence-electron chi connectivity index (χ4n) is 3.43. The largest absolute Gasteiger partial charge is 0.375 e. The Kier molecular flexibility index (Phi) is 3.67. The minimum Gasteiger partial charge on any atom is -0.375 e. The molecule has 0 spiro atoms. The molecule has 1 saturated heterocycles. The molecule has 0 unspecified atom stereocenters. The fraction of sp³-hybridized carbons (Fsp3) is 0.533. The maximum absolute atomic E-state index is 5.84. The van der Waals surface area contributed by atoms with Crippen molar-refractivity contribution < 1.29 is 0 Å². The van der Waals surface area contributed by atoms with Crippen LogP contribution in [0.2, 0.25) is 0 Å². The van der Waals surface area contributed by atoms with E-state index < -0.39 is 0 Å². The van der Waals surface area contributed by atoms with E-state index in [4.69, 9.17) is 5.73 Å². The third-order valence-corrected chi connectivity index (χ3v) is 5.54. The van der Waals surface area contributed by atoms with Crippen LogP contribution in [0.5, 0.6) is 0 Å². The predicted molar refractivity (Wildman–Crippen MR) is 88.2 cm³/mol. The molecule has 22 heavy (non-hydrogen) atoms. The van der Waals surface area contributed by atoms with Gasteiger partial charge in [-0.3, -0.25) is 4.90 Å². The van der Waals surface area contributed by atoms with Crippen molar-refractivity contribution in [1.82, 2.24) is 19.9 Å². The molecule has 1 atom stereocenters. The maximum atomic E-state index is 5.84. The number of piperazine rings is 1. The Balaban J connectivity index is 1.38. The molecule has 6 nitrogen and oxygen atoms in total. The quantitative estimate of drug-likeness (QED) is 0.897. The van der Waals surface area contributed by atoms with Crippen molar-refractivity contribution in [1.29, 1.82) is 0 Å². The summed E-state index contributed by atoms with van der Waals surface area (Å²) in [6.45, 7) is 4.15. The van der Waals surface area contributed by atoms with Crippen LogP contribution >= 0.6 is 11.3 Å². The van der Waals surface area contributed by atoms with Gasteiger partial charge in [-0.1, -0.05) is 0 Å². The van der Waals surface area contributed by atoms with Gasteiger partial charge in [0.05, 0.1) is 5.69 Å². The summed E-state index contributed by atoms with van der Waals surface area (Å²) in [6, 6.07) is 2.49. The van der Waals surface area contributed by atoms with Crippen molar-refractivity contribution >= 4 is 22.4 Å². The Bertz CT molecular complexity index is 635. The van der Waals surface area contributed by atoms with E-state index in [1.54, 1.807) is 11.3 Å². The van der Waals surface area contributed by atoms with Crippen LogP contribution in [0.1, 0.15) is 17.0 Å². The molecule has 2 aromatic rings. The van der Waals surface area contributed by atoms with Crippen molar-refractivity contribution in [2.45, 2.75) is 25.3 Å². The van der Waals surface area contributed by atoms with Gasteiger partial charge in [0.2, 0.25) is 5.95 Å². The summed E-state index contributed by atoms with van der Waals surface area (Å²) in [6.07, 6.45) is 6.98. The number of aromatic nitrogens is 3. The van der Waals surface area contributed by atoms with E-state index in [-0.39, 0.29) is 0 Å². The number of aryl methyl sites for hydroxylation is 1. The van der Waals surface area contributed by atoms with Gasteiger partial charge in [-0.15, -0.1) is 11.3 Å². The summed E-state index contributed by atoms with van der Waals surface area (Å²) in [5.41, 5.74) is 7.07. The van der Waals surface area contributed by atoms with Crippen molar-refractivity contribution in [3.63, 3.8) is 0 Å².